The zero-order valence-electron chi connectivity index (χ0n) is 10.1. The van der Waals surface area contributed by atoms with Gasteiger partial charge in [-0.2, -0.15) is 18.4 Å². The van der Waals surface area contributed by atoms with Crippen molar-refractivity contribution in [3.8, 4) is 17.2 Å². The van der Waals surface area contributed by atoms with Crippen LogP contribution in [-0.4, -0.2) is 0 Å². The van der Waals surface area contributed by atoms with Crippen molar-refractivity contribution >= 4 is 0 Å². The summed E-state index contributed by atoms with van der Waals surface area (Å²) in [7, 11) is 0. The van der Waals surface area contributed by atoms with Crippen molar-refractivity contribution in [3.05, 3.63) is 59.2 Å². The molecule has 0 atom stereocenters. The van der Waals surface area contributed by atoms with Gasteiger partial charge in [-0.3, -0.25) is 0 Å². The maximum absolute atomic E-state index is 12.5. The Morgan fingerprint density at radius 2 is 1.63 bits per heavy atom. The molecule has 19 heavy (non-hydrogen) atoms. The molecule has 0 heterocycles. The van der Waals surface area contributed by atoms with Gasteiger partial charge in [-0.05, 0) is 47.9 Å². The van der Waals surface area contributed by atoms with E-state index in [1.54, 1.807) is 18.2 Å². The van der Waals surface area contributed by atoms with Gasteiger partial charge < -0.3 is 0 Å². The van der Waals surface area contributed by atoms with Gasteiger partial charge in [0, 0.05) is 0 Å². The Kier molecular flexibility index (Phi) is 3.30. The summed E-state index contributed by atoms with van der Waals surface area (Å²) in [5, 5.41) is 8.77. The van der Waals surface area contributed by atoms with Crippen LogP contribution in [0.1, 0.15) is 16.7 Å². The maximum atomic E-state index is 12.5. The van der Waals surface area contributed by atoms with E-state index < -0.39 is 11.7 Å². The van der Waals surface area contributed by atoms with Gasteiger partial charge in [0.15, 0.2) is 0 Å². The molecule has 0 saturated carbocycles. The van der Waals surface area contributed by atoms with Crippen molar-refractivity contribution in [2.45, 2.75) is 13.1 Å². The quantitative estimate of drug-likeness (QED) is 0.738. The van der Waals surface area contributed by atoms with Crippen LogP contribution in [0.4, 0.5) is 13.2 Å². The highest BCUT2D eigenvalue weighted by Crippen LogP contribution is 2.31. The molecule has 0 amide bonds. The summed E-state index contributed by atoms with van der Waals surface area (Å²) in [4.78, 5) is 0. The van der Waals surface area contributed by atoms with E-state index in [1.807, 2.05) is 13.0 Å². The first-order chi connectivity index (χ1) is 8.91. The third-order valence-corrected chi connectivity index (χ3v) is 2.88. The first kappa shape index (κ1) is 13.2. The second kappa shape index (κ2) is 4.77. The standard InChI is InChI=1S/C15H10F3N/c1-10-8-11(9-19)2-7-14(10)12-3-5-13(6-4-12)15(16,17)18/h2-8H,1H3. The van der Waals surface area contributed by atoms with Crippen LogP contribution in [0.5, 0.6) is 0 Å². The first-order valence-electron chi connectivity index (χ1n) is 5.60. The molecule has 0 saturated heterocycles. The van der Waals surface area contributed by atoms with Crippen LogP contribution in [0, 0.1) is 18.3 Å². The molecule has 0 bridgehead atoms. The van der Waals surface area contributed by atoms with Crippen LogP contribution in [0.15, 0.2) is 42.5 Å². The molecule has 0 N–H and O–H groups in total. The monoisotopic (exact) mass is 261 g/mol. The molecule has 96 valence electrons. The van der Waals surface area contributed by atoms with Crippen molar-refractivity contribution in [3.63, 3.8) is 0 Å². The summed E-state index contributed by atoms with van der Waals surface area (Å²) in [6.45, 7) is 1.83. The fraction of sp³-hybridized carbons (Fsp3) is 0.133. The minimum atomic E-state index is -4.32. The van der Waals surface area contributed by atoms with Gasteiger partial charge in [0.25, 0.3) is 0 Å². The molecule has 2 aromatic carbocycles. The summed E-state index contributed by atoms with van der Waals surface area (Å²) >= 11 is 0. The zero-order chi connectivity index (χ0) is 14.0. The van der Waals surface area contributed by atoms with E-state index >= 15 is 0 Å². The largest absolute Gasteiger partial charge is 0.416 e. The fourth-order valence-corrected chi connectivity index (χ4v) is 1.90. The molecule has 2 rings (SSSR count). The average molecular weight is 261 g/mol. The van der Waals surface area contributed by atoms with E-state index in [0.717, 1.165) is 23.3 Å². The number of halogens is 3. The average Bonchev–Trinajstić information content (AvgIpc) is 2.37. The highest BCUT2D eigenvalue weighted by atomic mass is 19.4. The summed E-state index contributed by atoms with van der Waals surface area (Å²) in [6, 6.07) is 12.1. The number of hydrogen-bond acceptors (Lipinski definition) is 1. The molecule has 2 aromatic rings. The Labute approximate surface area is 108 Å². The van der Waals surface area contributed by atoms with Crippen molar-refractivity contribution < 1.29 is 13.2 Å². The van der Waals surface area contributed by atoms with Crippen molar-refractivity contribution in [2.75, 3.05) is 0 Å². The van der Waals surface area contributed by atoms with Gasteiger partial charge in [0.05, 0.1) is 17.2 Å². The van der Waals surface area contributed by atoms with E-state index in [4.69, 9.17) is 5.26 Å². The minimum absolute atomic E-state index is 0.535. The van der Waals surface area contributed by atoms with E-state index in [2.05, 4.69) is 0 Å². The smallest absolute Gasteiger partial charge is 0.192 e. The van der Waals surface area contributed by atoms with Crippen LogP contribution in [0.2, 0.25) is 0 Å². The Morgan fingerprint density at radius 1 is 1.00 bits per heavy atom. The van der Waals surface area contributed by atoms with Gasteiger partial charge in [0.1, 0.15) is 0 Å². The topological polar surface area (TPSA) is 23.8 Å². The lowest BCUT2D eigenvalue weighted by molar-refractivity contribution is -0.137. The van der Waals surface area contributed by atoms with Gasteiger partial charge in [-0.1, -0.05) is 18.2 Å². The van der Waals surface area contributed by atoms with E-state index in [-0.39, 0.29) is 0 Å². The van der Waals surface area contributed by atoms with Crippen LogP contribution < -0.4 is 0 Å². The number of aryl methyl sites for hydroxylation is 1. The van der Waals surface area contributed by atoms with E-state index in [0.29, 0.717) is 11.1 Å². The molecule has 0 aliphatic heterocycles. The maximum Gasteiger partial charge on any atom is 0.416 e. The number of nitrogens with zero attached hydrogens (tertiary/aromatic N) is 1. The number of hydrogen-bond donors (Lipinski definition) is 0. The lowest BCUT2D eigenvalue weighted by Gasteiger charge is -2.09. The van der Waals surface area contributed by atoms with E-state index in [9.17, 15) is 13.2 Å². The molecule has 0 radical (unpaired) electrons. The summed E-state index contributed by atoms with van der Waals surface area (Å²) in [5.74, 6) is 0. The van der Waals surface area contributed by atoms with Crippen LogP contribution in [0.3, 0.4) is 0 Å². The highest BCUT2D eigenvalue weighted by molar-refractivity contribution is 5.68. The van der Waals surface area contributed by atoms with Crippen LogP contribution in [0.25, 0.3) is 11.1 Å². The molecule has 0 unspecified atom stereocenters. The van der Waals surface area contributed by atoms with Gasteiger partial charge in [0.2, 0.25) is 0 Å². The lowest BCUT2D eigenvalue weighted by Crippen LogP contribution is -2.04. The highest BCUT2D eigenvalue weighted by Gasteiger charge is 2.29. The van der Waals surface area contributed by atoms with Gasteiger partial charge in [-0.15, -0.1) is 0 Å². The predicted molar refractivity (Wildman–Crippen MR) is 66.3 cm³/mol. The Morgan fingerprint density at radius 3 is 2.11 bits per heavy atom. The van der Waals surface area contributed by atoms with Crippen molar-refractivity contribution in [1.29, 1.82) is 5.26 Å². The van der Waals surface area contributed by atoms with E-state index in [1.165, 1.54) is 12.1 Å². The number of nitriles is 1. The lowest BCUT2D eigenvalue weighted by atomic mass is 9.98. The number of rotatable bonds is 1. The van der Waals surface area contributed by atoms with Gasteiger partial charge >= 0.3 is 6.18 Å². The number of alkyl halides is 3. The molecule has 1 nitrogen and oxygen atoms in total. The summed E-state index contributed by atoms with van der Waals surface area (Å²) in [5.41, 5.74) is 2.26. The molecule has 0 aliphatic carbocycles. The predicted octanol–water partition coefficient (Wildman–Crippen LogP) is 4.55. The summed E-state index contributed by atoms with van der Waals surface area (Å²) < 4.78 is 37.4. The number of benzene rings is 2. The SMILES string of the molecule is Cc1cc(C#N)ccc1-c1ccc(C(F)(F)F)cc1. The Hall–Kier alpha value is -2.28. The summed E-state index contributed by atoms with van der Waals surface area (Å²) in [6.07, 6.45) is -4.32. The second-order valence-electron chi connectivity index (χ2n) is 4.22. The molecular weight excluding hydrogens is 251 g/mol. The normalized spacial score (nSPS) is 11.1. The Balaban J connectivity index is 2.41. The first-order valence-corrected chi connectivity index (χ1v) is 5.60. The molecule has 0 fully saturated rings. The fourth-order valence-electron chi connectivity index (χ4n) is 1.90. The van der Waals surface area contributed by atoms with Crippen molar-refractivity contribution in [1.82, 2.24) is 0 Å². The third kappa shape index (κ3) is 2.76. The molecule has 4 heteroatoms. The van der Waals surface area contributed by atoms with Gasteiger partial charge in [-0.25, -0.2) is 0 Å². The van der Waals surface area contributed by atoms with Crippen molar-refractivity contribution in [2.24, 2.45) is 0 Å². The second-order valence-corrected chi connectivity index (χ2v) is 4.22. The third-order valence-electron chi connectivity index (χ3n) is 2.88. The zero-order valence-corrected chi connectivity index (χ0v) is 10.1. The Bertz CT molecular complexity index is 634. The minimum Gasteiger partial charge on any atom is -0.192 e. The van der Waals surface area contributed by atoms with Crippen LogP contribution in [-0.2, 0) is 6.18 Å². The van der Waals surface area contributed by atoms with Crippen LogP contribution >= 0.6 is 0 Å². The molecule has 0 aromatic heterocycles. The molecular formula is C15H10F3N. The molecule has 0 aliphatic rings. The molecule has 0 spiro atoms.